The second-order valence-electron chi connectivity index (χ2n) is 5.15. The highest BCUT2D eigenvalue weighted by Gasteiger charge is 2.18. The third-order valence-corrected chi connectivity index (χ3v) is 3.80. The summed E-state index contributed by atoms with van der Waals surface area (Å²) >= 11 is 0. The van der Waals surface area contributed by atoms with Crippen LogP contribution in [-0.4, -0.2) is 45.3 Å². The minimum absolute atomic E-state index is 0. The number of rotatable bonds is 3. The van der Waals surface area contributed by atoms with E-state index in [-0.39, 0.29) is 24.0 Å². The number of aromatic nitrogens is 3. The molecule has 0 unspecified atom stereocenters. The van der Waals surface area contributed by atoms with Gasteiger partial charge in [0, 0.05) is 32.6 Å². The second kappa shape index (κ2) is 7.24. The molecule has 0 amide bonds. The van der Waals surface area contributed by atoms with Crippen LogP contribution in [0.2, 0.25) is 0 Å². The predicted octanol–water partition coefficient (Wildman–Crippen LogP) is 1.40. The average molecular weight is 390 g/mol. The largest absolute Gasteiger partial charge is 0.357 e. The number of hydrogen-bond acceptors (Lipinski definition) is 3. The Hall–Kier alpha value is -0.860. The molecule has 0 aliphatic carbocycles. The molecule has 7 heteroatoms. The van der Waals surface area contributed by atoms with Gasteiger partial charge in [0.05, 0.1) is 0 Å². The smallest absolute Gasteiger partial charge is 0.194 e. The summed E-state index contributed by atoms with van der Waals surface area (Å²) < 4.78 is 2.22. The van der Waals surface area contributed by atoms with Gasteiger partial charge in [0.1, 0.15) is 12.4 Å². The molecule has 112 valence electrons. The first-order valence-corrected chi connectivity index (χ1v) is 7.32. The molecular weight excluding hydrogens is 367 g/mol. The van der Waals surface area contributed by atoms with Crippen LogP contribution >= 0.6 is 24.0 Å². The maximum absolute atomic E-state index is 4.72. The first-order chi connectivity index (χ1) is 9.38. The minimum Gasteiger partial charge on any atom is -0.357 e. The molecule has 0 bridgehead atoms. The molecule has 0 radical (unpaired) electrons. The SMILES string of the molecule is CCNC(=NCc1nnc2n1CCC2)N1CCCC1.I. The molecule has 1 N–H and O–H groups in total. The van der Waals surface area contributed by atoms with Crippen molar-refractivity contribution in [2.75, 3.05) is 19.6 Å². The van der Waals surface area contributed by atoms with Crippen molar-refractivity contribution in [3.05, 3.63) is 11.6 Å². The Morgan fingerprint density at radius 1 is 1.20 bits per heavy atom. The van der Waals surface area contributed by atoms with Crippen LogP contribution in [0.5, 0.6) is 0 Å². The summed E-state index contributed by atoms with van der Waals surface area (Å²) in [5.41, 5.74) is 0. The van der Waals surface area contributed by atoms with Crippen LogP contribution in [0.4, 0.5) is 0 Å². The normalized spacial score (nSPS) is 18.1. The first-order valence-electron chi connectivity index (χ1n) is 7.32. The molecule has 6 nitrogen and oxygen atoms in total. The van der Waals surface area contributed by atoms with E-state index in [0.29, 0.717) is 6.54 Å². The molecule has 0 aromatic carbocycles. The fraction of sp³-hybridized carbons (Fsp3) is 0.769. The molecule has 3 rings (SSSR count). The van der Waals surface area contributed by atoms with Gasteiger partial charge < -0.3 is 14.8 Å². The number of likely N-dealkylation sites (tertiary alicyclic amines) is 1. The highest BCUT2D eigenvalue weighted by molar-refractivity contribution is 14.0. The van der Waals surface area contributed by atoms with Gasteiger partial charge in [0.15, 0.2) is 11.8 Å². The average Bonchev–Trinajstić information content (AvgIpc) is 3.12. The van der Waals surface area contributed by atoms with Crippen LogP contribution < -0.4 is 5.32 Å². The third kappa shape index (κ3) is 3.24. The lowest BCUT2D eigenvalue weighted by Crippen LogP contribution is -2.39. The molecule has 2 aliphatic rings. The van der Waals surface area contributed by atoms with Gasteiger partial charge in [-0.2, -0.15) is 0 Å². The summed E-state index contributed by atoms with van der Waals surface area (Å²) in [4.78, 5) is 7.06. The molecule has 0 atom stereocenters. The third-order valence-electron chi connectivity index (χ3n) is 3.80. The van der Waals surface area contributed by atoms with Gasteiger partial charge in [-0.3, -0.25) is 0 Å². The van der Waals surface area contributed by atoms with Crippen molar-refractivity contribution in [1.29, 1.82) is 0 Å². The molecule has 1 aromatic heterocycles. The topological polar surface area (TPSA) is 58.3 Å². The Labute approximate surface area is 137 Å². The summed E-state index contributed by atoms with van der Waals surface area (Å²) in [6, 6.07) is 0. The molecule has 2 aliphatic heterocycles. The number of aliphatic imine (C=N–C) groups is 1. The fourth-order valence-electron chi connectivity index (χ4n) is 2.83. The van der Waals surface area contributed by atoms with Crippen molar-refractivity contribution in [3.63, 3.8) is 0 Å². The highest BCUT2D eigenvalue weighted by Crippen LogP contribution is 2.15. The highest BCUT2D eigenvalue weighted by atomic mass is 127. The maximum atomic E-state index is 4.72. The summed E-state index contributed by atoms with van der Waals surface area (Å²) in [6.45, 7) is 6.93. The zero-order valence-corrected chi connectivity index (χ0v) is 14.3. The van der Waals surface area contributed by atoms with Gasteiger partial charge >= 0.3 is 0 Å². The number of fused-ring (bicyclic) bond motifs is 1. The molecule has 0 spiro atoms. The predicted molar refractivity (Wildman–Crippen MR) is 89.4 cm³/mol. The number of aryl methyl sites for hydroxylation is 1. The van der Waals surface area contributed by atoms with Gasteiger partial charge in [-0.25, -0.2) is 4.99 Å². The van der Waals surface area contributed by atoms with Gasteiger partial charge in [-0.05, 0) is 26.2 Å². The van der Waals surface area contributed by atoms with E-state index in [1.54, 1.807) is 0 Å². The van der Waals surface area contributed by atoms with E-state index in [1.807, 2.05) is 0 Å². The van der Waals surface area contributed by atoms with Gasteiger partial charge in [-0.15, -0.1) is 34.2 Å². The maximum Gasteiger partial charge on any atom is 0.194 e. The lowest BCUT2D eigenvalue weighted by molar-refractivity contribution is 0.492. The Balaban J connectivity index is 0.00000147. The van der Waals surface area contributed by atoms with Crippen molar-refractivity contribution < 1.29 is 0 Å². The number of nitrogens with one attached hydrogen (secondary N) is 1. The van der Waals surface area contributed by atoms with Crippen LogP contribution in [0.3, 0.4) is 0 Å². The van der Waals surface area contributed by atoms with Gasteiger partial charge in [-0.1, -0.05) is 0 Å². The van der Waals surface area contributed by atoms with Gasteiger partial charge in [0.2, 0.25) is 0 Å². The molecule has 1 fully saturated rings. The Morgan fingerprint density at radius 2 is 2.00 bits per heavy atom. The van der Waals surface area contributed by atoms with Crippen LogP contribution in [0, 0.1) is 0 Å². The summed E-state index contributed by atoms with van der Waals surface area (Å²) in [5.74, 6) is 3.15. The molecule has 0 saturated carbocycles. The Kier molecular flexibility index (Phi) is 5.62. The van der Waals surface area contributed by atoms with Crippen LogP contribution in [0.25, 0.3) is 0 Å². The molecular formula is C13H23IN6. The molecule has 3 heterocycles. The number of guanidine groups is 1. The number of nitrogens with zero attached hydrogens (tertiary/aromatic N) is 5. The monoisotopic (exact) mass is 390 g/mol. The molecule has 1 saturated heterocycles. The Morgan fingerprint density at radius 3 is 2.75 bits per heavy atom. The van der Waals surface area contributed by atoms with E-state index >= 15 is 0 Å². The second-order valence-corrected chi connectivity index (χ2v) is 5.15. The summed E-state index contributed by atoms with van der Waals surface area (Å²) in [6.07, 6.45) is 4.78. The van der Waals surface area contributed by atoms with Crippen molar-refractivity contribution >= 4 is 29.9 Å². The fourth-order valence-corrected chi connectivity index (χ4v) is 2.83. The molecule has 1 aromatic rings. The number of halogens is 1. The van der Waals surface area contributed by atoms with Crippen molar-refractivity contribution in [2.24, 2.45) is 4.99 Å². The summed E-state index contributed by atoms with van der Waals surface area (Å²) in [5, 5.41) is 11.9. The molecule has 20 heavy (non-hydrogen) atoms. The van der Waals surface area contributed by atoms with Crippen molar-refractivity contribution in [1.82, 2.24) is 25.0 Å². The quantitative estimate of drug-likeness (QED) is 0.482. The van der Waals surface area contributed by atoms with E-state index < -0.39 is 0 Å². The van der Waals surface area contributed by atoms with E-state index in [1.165, 1.54) is 19.3 Å². The van der Waals surface area contributed by atoms with Gasteiger partial charge in [0.25, 0.3) is 0 Å². The zero-order valence-electron chi connectivity index (χ0n) is 12.0. The standard InChI is InChI=1S/C13H22N6.HI/c1-2-14-13(18-7-3-4-8-18)15-10-12-17-16-11-6-5-9-19(11)12;/h2-10H2,1H3,(H,14,15);1H. The van der Waals surface area contributed by atoms with E-state index in [2.05, 4.69) is 31.9 Å². The van der Waals surface area contributed by atoms with E-state index in [9.17, 15) is 0 Å². The lowest BCUT2D eigenvalue weighted by Gasteiger charge is -2.20. The van der Waals surface area contributed by atoms with E-state index in [4.69, 9.17) is 4.99 Å². The van der Waals surface area contributed by atoms with Crippen molar-refractivity contribution in [3.8, 4) is 0 Å². The first kappa shape index (κ1) is 15.5. The minimum atomic E-state index is 0. The summed E-state index contributed by atoms with van der Waals surface area (Å²) in [7, 11) is 0. The number of hydrogen-bond donors (Lipinski definition) is 1. The van der Waals surface area contributed by atoms with Crippen molar-refractivity contribution in [2.45, 2.75) is 45.7 Å². The zero-order chi connectivity index (χ0) is 13.1. The Bertz CT molecular complexity index is 463. The lowest BCUT2D eigenvalue weighted by atomic mass is 10.4. The van der Waals surface area contributed by atoms with Crippen LogP contribution in [-0.2, 0) is 19.5 Å². The van der Waals surface area contributed by atoms with Crippen LogP contribution in [0.15, 0.2) is 4.99 Å². The van der Waals surface area contributed by atoms with E-state index in [0.717, 1.165) is 50.2 Å². The van der Waals surface area contributed by atoms with Crippen LogP contribution in [0.1, 0.15) is 37.8 Å².